The van der Waals surface area contributed by atoms with E-state index in [-0.39, 0.29) is 28.5 Å². The van der Waals surface area contributed by atoms with Crippen LogP contribution >= 0.6 is 11.3 Å². The van der Waals surface area contributed by atoms with E-state index in [1.807, 2.05) is 11.3 Å². The number of benzene rings is 8. The normalized spacial score (nSPS) is 17.1. The van der Waals surface area contributed by atoms with Crippen LogP contribution in [0.3, 0.4) is 0 Å². The average molecular weight is 897 g/mol. The molecule has 68 heavy (non-hydrogen) atoms. The van der Waals surface area contributed by atoms with E-state index in [9.17, 15) is 0 Å². The lowest BCUT2D eigenvalue weighted by Crippen LogP contribution is -2.60. The standard InChI is InChI=1S/C63H53BN2OS/c1-60(2,3)34-22-24-35(25-23-34)66-49-31-39-36-16-10-13-19-43(36)63(8,9)44(39)28-42(49)54-55-38-18-11-14-20-51(38)67-59(55)56-41-29-45-46(62(6,7)27-26-61(45,4)5)32-48(41)65-50-33-53-40(37-17-12-15-21-52(37)68-53)30-47(50)64(66)57(54)58(56)65/h10-25,28-33H,26-27H2,1-9H3. The molecule has 0 saturated carbocycles. The van der Waals surface area contributed by atoms with Gasteiger partial charge >= 0.3 is 6.85 Å². The van der Waals surface area contributed by atoms with Gasteiger partial charge in [0.25, 0.3) is 0 Å². The minimum atomic E-state index is -0.179. The Morgan fingerprint density at radius 3 is 2.06 bits per heavy atom. The zero-order valence-corrected chi connectivity index (χ0v) is 41.2. The van der Waals surface area contributed by atoms with E-state index < -0.39 is 0 Å². The van der Waals surface area contributed by atoms with Gasteiger partial charge in [0.1, 0.15) is 11.2 Å². The lowest BCUT2D eigenvalue weighted by atomic mass is 9.43. The Hall–Kier alpha value is -6.56. The smallest absolute Gasteiger partial charge is 0.333 e. The summed E-state index contributed by atoms with van der Waals surface area (Å²) in [5.74, 6) is 0. The third-order valence-corrected chi connectivity index (χ3v) is 18.5. The van der Waals surface area contributed by atoms with Crippen LogP contribution in [-0.4, -0.2) is 11.4 Å². The molecule has 15 rings (SSSR count). The van der Waals surface area contributed by atoms with Crippen LogP contribution in [0.1, 0.15) is 103 Å². The van der Waals surface area contributed by atoms with Crippen molar-refractivity contribution in [2.24, 2.45) is 0 Å². The average Bonchev–Trinajstić information content (AvgIpc) is 4.05. The SMILES string of the molecule is CC(C)(C)c1ccc(N2B3c4cc5c(cc4-n4c6cc7c(cc6c6c8oc9ccccc9c8c(c3c64)-c3cc4c(cc32)-c2ccccc2C4(C)C)C(C)(C)CCC7(C)C)sc2ccccc25)cc1. The van der Waals surface area contributed by atoms with Crippen LogP contribution in [0.4, 0.5) is 11.4 Å². The number of nitrogens with zero attached hydrogens (tertiary/aromatic N) is 2. The molecule has 2 aliphatic carbocycles. The van der Waals surface area contributed by atoms with Gasteiger partial charge in [0.2, 0.25) is 0 Å². The number of hydrogen-bond acceptors (Lipinski definition) is 3. The van der Waals surface area contributed by atoms with E-state index >= 15 is 0 Å². The Morgan fingerprint density at radius 1 is 0.574 bits per heavy atom. The van der Waals surface area contributed by atoms with E-state index in [0.717, 1.165) is 24.0 Å². The minimum absolute atomic E-state index is 0.0213. The number of furan rings is 1. The van der Waals surface area contributed by atoms with Gasteiger partial charge < -0.3 is 13.8 Å². The van der Waals surface area contributed by atoms with Crippen LogP contribution in [0.5, 0.6) is 0 Å². The third kappa shape index (κ3) is 4.81. The second-order valence-corrected chi connectivity index (χ2v) is 24.6. The maximum atomic E-state index is 7.38. The molecule has 330 valence electrons. The van der Waals surface area contributed by atoms with Gasteiger partial charge in [-0.15, -0.1) is 11.3 Å². The highest BCUT2D eigenvalue weighted by Gasteiger charge is 2.48. The number of fused-ring (bicyclic) bond motifs is 20. The van der Waals surface area contributed by atoms with Gasteiger partial charge in [-0.3, -0.25) is 0 Å². The molecule has 0 unspecified atom stereocenters. The summed E-state index contributed by atoms with van der Waals surface area (Å²) in [6.45, 7) is 21.5. The molecule has 0 spiro atoms. The van der Waals surface area contributed by atoms with Crippen molar-refractivity contribution in [1.29, 1.82) is 0 Å². The lowest BCUT2D eigenvalue weighted by molar-refractivity contribution is 0.332. The van der Waals surface area contributed by atoms with Crippen LogP contribution in [0, 0.1) is 0 Å². The zero-order chi connectivity index (χ0) is 46.1. The van der Waals surface area contributed by atoms with Gasteiger partial charge in [-0.25, -0.2) is 0 Å². The van der Waals surface area contributed by atoms with Crippen molar-refractivity contribution in [3.05, 3.63) is 161 Å². The quantitative estimate of drug-likeness (QED) is 0.153. The molecular formula is C63H53BN2OS. The Morgan fingerprint density at radius 2 is 1.28 bits per heavy atom. The number of para-hydroxylation sites is 1. The van der Waals surface area contributed by atoms with Crippen molar-refractivity contribution < 1.29 is 4.42 Å². The van der Waals surface area contributed by atoms with Gasteiger partial charge in [-0.05, 0) is 139 Å². The predicted molar refractivity (Wildman–Crippen MR) is 292 cm³/mol. The van der Waals surface area contributed by atoms with Crippen LogP contribution in [-0.2, 0) is 21.7 Å². The first-order chi connectivity index (χ1) is 32.6. The Balaban J connectivity index is 1.20. The zero-order valence-electron chi connectivity index (χ0n) is 40.4. The monoisotopic (exact) mass is 896 g/mol. The van der Waals surface area contributed by atoms with Crippen molar-refractivity contribution in [3.63, 3.8) is 0 Å². The van der Waals surface area contributed by atoms with Crippen molar-refractivity contribution in [3.8, 4) is 27.9 Å². The summed E-state index contributed by atoms with van der Waals surface area (Å²) in [6, 6.07) is 52.0. The molecule has 5 heterocycles. The molecule has 3 aromatic heterocycles. The molecule has 0 atom stereocenters. The number of thiophene rings is 1. The first-order valence-electron chi connectivity index (χ1n) is 24.7. The fourth-order valence-corrected chi connectivity index (χ4v) is 14.8. The fraction of sp³-hybridized carbons (Fsp3) is 0.238. The largest absolute Gasteiger partial charge is 0.455 e. The maximum Gasteiger partial charge on any atom is 0.333 e. The van der Waals surface area contributed by atoms with Gasteiger partial charge in [0.05, 0.1) is 16.4 Å². The van der Waals surface area contributed by atoms with Gasteiger partial charge in [0, 0.05) is 64.4 Å². The molecule has 11 aromatic rings. The summed E-state index contributed by atoms with van der Waals surface area (Å²) < 4.78 is 12.7. The number of aromatic nitrogens is 1. The molecule has 0 bridgehead atoms. The van der Waals surface area contributed by atoms with E-state index in [1.54, 1.807) is 0 Å². The van der Waals surface area contributed by atoms with E-state index in [0.29, 0.717) is 0 Å². The molecule has 0 saturated heterocycles. The van der Waals surface area contributed by atoms with Crippen molar-refractivity contribution >= 4 is 104 Å². The summed E-state index contributed by atoms with van der Waals surface area (Å²) in [5.41, 5.74) is 23.2. The fourth-order valence-electron chi connectivity index (χ4n) is 13.7. The highest BCUT2D eigenvalue weighted by Crippen LogP contribution is 2.58. The van der Waals surface area contributed by atoms with Gasteiger partial charge in [-0.1, -0.05) is 141 Å². The first-order valence-corrected chi connectivity index (χ1v) is 25.6. The molecule has 2 aliphatic heterocycles. The van der Waals surface area contributed by atoms with Crippen LogP contribution < -0.4 is 15.7 Å². The van der Waals surface area contributed by atoms with Gasteiger partial charge in [-0.2, -0.15) is 0 Å². The number of rotatable bonds is 1. The summed E-state index contributed by atoms with van der Waals surface area (Å²) in [4.78, 5) is 2.74. The van der Waals surface area contributed by atoms with Crippen LogP contribution in [0.25, 0.3) is 91.9 Å². The maximum absolute atomic E-state index is 7.38. The Kier molecular flexibility index (Phi) is 7.28. The first kappa shape index (κ1) is 39.4. The molecule has 0 N–H and O–H groups in total. The lowest BCUT2D eigenvalue weighted by Gasteiger charge is -2.43. The molecular weight excluding hydrogens is 844 g/mol. The molecule has 8 aromatic carbocycles. The number of anilines is 2. The van der Waals surface area contributed by atoms with Crippen molar-refractivity contribution in [1.82, 2.24) is 4.57 Å². The summed E-state index contributed by atoms with van der Waals surface area (Å²) in [6.07, 6.45) is 2.32. The predicted octanol–water partition coefficient (Wildman–Crippen LogP) is 16.2. The molecule has 5 heteroatoms. The second kappa shape index (κ2) is 12.6. The Labute approximate surface area is 402 Å². The van der Waals surface area contributed by atoms with Crippen LogP contribution in [0.15, 0.2) is 138 Å². The topological polar surface area (TPSA) is 21.3 Å². The molecule has 0 amide bonds. The minimum Gasteiger partial charge on any atom is -0.455 e. The van der Waals surface area contributed by atoms with E-state index in [2.05, 4.69) is 205 Å². The molecule has 0 radical (unpaired) electrons. The summed E-state index contributed by atoms with van der Waals surface area (Å²) in [7, 11) is 0. The van der Waals surface area contributed by atoms with Crippen LogP contribution in [0.2, 0.25) is 0 Å². The van der Waals surface area contributed by atoms with E-state index in [1.165, 1.54) is 131 Å². The van der Waals surface area contributed by atoms with Crippen molar-refractivity contribution in [2.45, 2.75) is 96.8 Å². The van der Waals surface area contributed by atoms with Gasteiger partial charge in [0.15, 0.2) is 0 Å². The van der Waals surface area contributed by atoms with E-state index in [4.69, 9.17) is 4.42 Å². The molecule has 3 nitrogen and oxygen atoms in total. The molecule has 0 fully saturated rings. The molecule has 4 aliphatic rings. The highest BCUT2D eigenvalue weighted by molar-refractivity contribution is 7.26. The number of hydrogen-bond donors (Lipinski definition) is 0. The summed E-state index contributed by atoms with van der Waals surface area (Å²) in [5, 5.41) is 7.59. The van der Waals surface area contributed by atoms with Crippen molar-refractivity contribution in [2.75, 3.05) is 4.81 Å². The second-order valence-electron chi connectivity index (χ2n) is 23.5. The third-order valence-electron chi connectivity index (χ3n) is 17.4. The Bertz CT molecular complexity index is 4110. The summed E-state index contributed by atoms with van der Waals surface area (Å²) >= 11 is 1.92. The highest BCUT2D eigenvalue weighted by atomic mass is 32.1.